The van der Waals surface area contributed by atoms with Crippen LogP contribution in [0.25, 0.3) is 0 Å². The maximum absolute atomic E-state index is 10.8. The van der Waals surface area contributed by atoms with E-state index in [9.17, 15) is 10.1 Å². The fourth-order valence-corrected chi connectivity index (χ4v) is 2.04. The van der Waals surface area contributed by atoms with E-state index < -0.39 is 4.92 Å². The van der Waals surface area contributed by atoms with E-state index in [2.05, 4.69) is 5.32 Å². The molecule has 6 heteroatoms. The highest BCUT2D eigenvalue weighted by molar-refractivity contribution is 5.57. The minimum Gasteiger partial charge on any atom is -0.494 e. The van der Waals surface area contributed by atoms with Gasteiger partial charge in [0.2, 0.25) is 0 Å². The number of ether oxygens (including phenoxy) is 1. The number of nitrogens with one attached hydrogen (secondary N) is 1. The average Bonchev–Trinajstić information content (AvgIpc) is 2.27. The van der Waals surface area contributed by atoms with E-state index in [1.54, 1.807) is 6.07 Å². The van der Waals surface area contributed by atoms with Gasteiger partial charge in [-0.05, 0) is 19.8 Å². The molecule has 0 bridgehead atoms. The summed E-state index contributed by atoms with van der Waals surface area (Å²) in [7, 11) is 0. The highest BCUT2D eigenvalue weighted by atomic mass is 16.6. The van der Waals surface area contributed by atoms with E-state index in [1.807, 2.05) is 6.92 Å². The molecule has 1 aromatic carbocycles. The normalized spacial score (nSPS) is 22.1. The maximum Gasteiger partial charge on any atom is 0.275 e. The average molecular weight is 251 g/mol. The quantitative estimate of drug-likeness (QED) is 0.616. The number of benzene rings is 1. The Labute approximate surface area is 105 Å². The van der Waals surface area contributed by atoms with Crippen LogP contribution >= 0.6 is 0 Å². The number of nitro groups is 1. The van der Waals surface area contributed by atoms with Gasteiger partial charge in [0.25, 0.3) is 5.69 Å². The van der Waals surface area contributed by atoms with Gasteiger partial charge >= 0.3 is 0 Å². The van der Waals surface area contributed by atoms with E-state index in [4.69, 9.17) is 10.5 Å². The number of anilines is 1. The van der Waals surface area contributed by atoms with Crippen LogP contribution in [0.3, 0.4) is 0 Å². The number of non-ortho nitro benzene ring substituents is 1. The van der Waals surface area contributed by atoms with Crippen molar-refractivity contribution in [3.8, 4) is 5.75 Å². The first-order chi connectivity index (χ1) is 8.58. The van der Waals surface area contributed by atoms with E-state index in [0.29, 0.717) is 24.1 Å². The predicted octanol–water partition coefficient (Wildman–Crippen LogP) is 1.90. The summed E-state index contributed by atoms with van der Waals surface area (Å²) in [5.41, 5.74) is 6.45. The Kier molecular flexibility index (Phi) is 3.66. The molecule has 1 aliphatic carbocycles. The van der Waals surface area contributed by atoms with Gasteiger partial charge in [0.1, 0.15) is 5.75 Å². The molecular weight excluding hydrogens is 234 g/mol. The molecule has 98 valence electrons. The second kappa shape index (κ2) is 5.22. The third-order valence-corrected chi connectivity index (χ3v) is 2.96. The van der Waals surface area contributed by atoms with Gasteiger partial charge in [0, 0.05) is 29.9 Å². The van der Waals surface area contributed by atoms with Gasteiger partial charge < -0.3 is 15.8 Å². The molecule has 0 aliphatic heterocycles. The molecule has 1 aromatic rings. The Morgan fingerprint density at radius 1 is 1.50 bits per heavy atom. The Balaban J connectivity index is 2.14. The van der Waals surface area contributed by atoms with Crippen LogP contribution in [0.4, 0.5) is 11.4 Å². The van der Waals surface area contributed by atoms with Crippen LogP contribution in [0.1, 0.15) is 19.8 Å². The lowest BCUT2D eigenvalue weighted by Crippen LogP contribution is -2.44. The number of nitro benzene ring substituents is 1. The summed E-state index contributed by atoms with van der Waals surface area (Å²) in [5.74, 6) is 0.512. The molecule has 0 spiro atoms. The molecule has 1 fully saturated rings. The third-order valence-electron chi connectivity index (χ3n) is 2.96. The summed E-state index contributed by atoms with van der Waals surface area (Å²) in [6, 6.07) is 5.28. The van der Waals surface area contributed by atoms with Crippen molar-refractivity contribution in [2.24, 2.45) is 5.73 Å². The van der Waals surface area contributed by atoms with E-state index in [1.165, 1.54) is 12.1 Å². The number of nitrogens with zero attached hydrogens (tertiary/aromatic N) is 1. The molecule has 1 aliphatic rings. The van der Waals surface area contributed by atoms with Gasteiger partial charge in [-0.2, -0.15) is 0 Å². The Hall–Kier alpha value is -1.82. The molecule has 0 amide bonds. The van der Waals surface area contributed by atoms with Crippen LogP contribution < -0.4 is 15.8 Å². The van der Waals surface area contributed by atoms with Gasteiger partial charge in [-0.15, -0.1) is 0 Å². The van der Waals surface area contributed by atoms with E-state index >= 15 is 0 Å². The monoisotopic (exact) mass is 251 g/mol. The summed E-state index contributed by atoms with van der Waals surface area (Å²) < 4.78 is 5.32. The van der Waals surface area contributed by atoms with Gasteiger partial charge in [-0.1, -0.05) is 0 Å². The molecule has 6 nitrogen and oxygen atoms in total. The Bertz CT molecular complexity index is 444. The molecule has 0 aromatic heterocycles. The standard InChI is InChI=1S/C12H17N3O3/c1-2-18-12-6-10(5-11(7-12)15(16)17)14-9-3-8(13)4-9/h5-9,14H,2-4,13H2,1H3. The van der Waals surface area contributed by atoms with E-state index in [0.717, 1.165) is 12.8 Å². The fraction of sp³-hybridized carbons (Fsp3) is 0.500. The van der Waals surface area contributed by atoms with Crippen LogP contribution in [-0.4, -0.2) is 23.6 Å². The molecule has 0 radical (unpaired) electrons. The minimum atomic E-state index is -0.416. The Morgan fingerprint density at radius 3 is 2.78 bits per heavy atom. The van der Waals surface area contributed by atoms with Crippen molar-refractivity contribution in [1.29, 1.82) is 0 Å². The number of nitrogens with two attached hydrogens (primary N) is 1. The minimum absolute atomic E-state index is 0.0343. The Morgan fingerprint density at radius 2 is 2.22 bits per heavy atom. The van der Waals surface area contributed by atoms with Crippen molar-refractivity contribution < 1.29 is 9.66 Å². The zero-order chi connectivity index (χ0) is 13.1. The molecule has 3 N–H and O–H groups in total. The van der Waals surface area contributed by atoms with Crippen LogP contribution in [0.2, 0.25) is 0 Å². The second-order valence-electron chi connectivity index (χ2n) is 4.48. The topological polar surface area (TPSA) is 90.4 Å². The predicted molar refractivity (Wildman–Crippen MR) is 68.9 cm³/mol. The first kappa shape index (κ1) is 12.6. The lowest BCUT2D eigenvalue weighted by molar-refractivity contribution is -0.384. The smallest absolute Gasteiger partial charge is 0.275 e. The maximum atomic E-state index is 10.8. The molecule has 18 heavy (non-hydrogen) atoms. The highest BCUT2D eigenvalue weighted by Crippen LogP contribution is 2.29. The summed E-state index contributed by atoms with van der Waals surface area (Å²) in [6.45, 7) is 2.33. The highest BCUT2D eigenvalue weighted by Gasteiger charge is 2.26. The lowest BCUT2D eigenvalue weighted by Gasteiger charge is -2.33. The number of rotatable bonds is 5. The van der Waals surface area contributed by atoms with Crippen molar-refractivity contribution in [3.05, 3.63) is 28.3 Å². The molecule has 1 saturated carbocycles. The summed E-state index contributed by atoms with van der Waals surface area (Å²) in [6.07, 6.45) is 1.79. The molecular formula is C12H17N3O3. The molecule has 2 rings (SSSR count). The van der Waals surface area contributed by atoms with E-state index in [-0.39, 0.29) is 11.7 Å². The van der Waals surface area contributed by atoms with Gasteiger partial charge in [-0.3, -0.25) is 10.1 Å². The summed E-state index contributed by atoms with van der Waals surface area (Å²) in [4.78, 5) is 10.4. The third kappa shape index (κ3) is 2.89. The zero-order valence-electron chi connectivity index (χ0n) is 10.3. The number of hydrogen-bond acceptors (Lipinski definition) is 5. The molecule has 0 atom stereocenters. The lowest BCUT2D eigenvalue weighted by atomic mass is 9.87. The fourth-order valence-electron chi connectivity index (χ4n) is 2.04. The van der Waals surface area contributed by atoms with Gasteiger partial charge in [-0.25, -0.2) is 0 Å². The molecule has 0 unspecified atom stereocenters. The number of hydrogen-bond donors (Lipinski definition) is 2. The van der Waals surface area contributed by atoms with Crippen molar-refractivity contribution in [2.45, 2.75) is 31.8 Å². The summed E-state index contributed by atoms with van der Waals surface area (Å²) in [5, 5.41) is 14.1. The molecule has 0 heterocycles. The van der Waals surface area contributed by atoms with Crippen molar-refractivity contribution >= 4 is 11.4 Å². The first-order valence-corrected chi connectivity index (χ1v) is 6.03. The summed E-state index contributed by atoms with van der Waals surface area (Å²) >= 11 is 0. The van der Waals surface area contributed by atoms with Crippen molar-refractivity contribution in [2.75, 3.05) is 11.9 Å². The van der Waals surface area contributed by atoms with Gasteiger partial charge in [0.15, 0.2) is 0 Å². The van der Waals surface area contributed by atoms with Crippen LogP contribution in [0, 0.1) is 10.1 Å². The van der Waals surface area contributed by atoms with Crippen LogP contribution in [0.5, 0.6) is 5.75 Å². The zero-order valence-corrected chi connectivity index (χ0v) is 10.3. The SMILES string of the molecule is CCOc1cc(NC2CC(N)C2)cc([N+](=O)[O-])c1. The first-order valence-electron chi connectivity index (χ1n) is 6.03. The molecule has 0 saturated heterocycles. The second-order valence-corrected chi connectivity index (χ2v) is 4.48. The van der Waals surface area contributed by atoms with Crippen molar-refractivity contribution in [1.82, 2.24) is 0 Å². The van der Waals surface area contributed by atoms with Crippen LogP contribution in [0.15, 0.2) is 18.2 Å². The largest absolute Gasteiger partial charge is 0.494 e. The van der Waals surface area contributed by atoms with Gasteiger partial charge in [0.05, 0.1) is 17.6 Å². The van der Waals surface area contributed by atoms with Crippen LogP contribution in [-0.2, 0) is 0 Å². The van der Waals surface area contributed by atoms with Crippen molar-refractivity contribution in [3.63, 3.8) is 0 Å².